The largest absolute Gasteiger partial charge is 0.493 e. The fourth-order valence-electron chi connectivity index (χ4n) is 2.69. The van der Waals surface area contributed by atoms with Crippen LogP contribution in [0, 0.1) is 0 Å². The maximum Gasteiger partial charge on any atom is 0.227 e. The molecule has 4 rings (SSSR count). The number of ether oxygens (including phenoxy) is 1. The summed E-state index contributed by atoms with van der Waals surface area (Å²) in [5, 5.41) is 3.87. The zero-order valence-corrected chi connectivity index (χ0v) is 15.4. The molecule has 0 saturated carbocycles. The summed E-state index contributed by atoms with van der Waals surface area (Å²) >= 11 is 1.66. The van der Waals surface area contributed by atoms with Crippen molar-refractivity contribution in [3.05, 3.63) is 78.9 Å². The molecule has 1 heterocycles. The van der Waals surface area contributed by atoms with E-state index >= 15 is 0 Å². The van der Waals surface area contributed by atoms with Crippen LogP contribution in [0.3, 0.4) is 0 Å². The molecule has 0 unspecified atom stereocenters. The fraction of sp³-hybridized carbons (Fsp3) is 0.0909. The molecule has 134 valence electrons. The summed E-state index contributed by atoms with van der Waals surface area (Å²) < 4.78 is 6.72. The number of benzene rings is 3. The highest BCUT2D eigenvalue weighted by Gasteiger charge is 2.07. The molecular formula is C22H18N2O2S. The molecule has 0 saturated heterocycles. The molecule has 1 N–H and O–H groups in total. The number of para-hydroxylation sites is 2. The van der Waals surface area contributed by atoms with Crippen LogP contribution < -0.4 is 10.1 Å². The summed E-state index contributed by atoms with van der Waals surface area (Å²) in [4.78, 5) is 16.7. The molecule has 0 aliphatic rings. The molecule has 0 atom stereocenters. The van der Waals surface area contributed by atoms with Crippen molar-refractivity contribution in [3.8, 4) is 16.3 Å². The smallest absolute Gasteiger partial charge is 0.227 e. The third-order valence-corrected chi connectivity index (χ3v) is 5.14. The zero-order chi connectivity index (χ0) is 18.5. The molecule has 0 fully saturated rings. The molecule has 1 aromatic heterocycles. The Morgan fingerprint density at radius 2 is 1.67 bits per heavy atom. The maximum absolute atomic E-state index is 12.1. The van der Waals surface area contributed by atoms with Gasteiger partial charge in [0.05, 0.1) is 23.2 Å². The number of rotatable bonds is 6. The van der Waals surface area contributed by atoms with Crippen molar-refractivity contribution >= 4 is 33.1 Å². The lowest BCUT2D eigenvalue weighted by Gasteiger charge is -2.07. The van der Waals surface area contributed by atoms with Crippen LogP contribution in [0.2, 0.25) is 0 Å². The lowest BCUT2D eigenvalue weighted by atomic mass is 10.2. The predicted octanol–water partition coefficient (Wildman–Crippen LogP) is 5.37. The summed E-state index contributed by atoms with van der Waals surface area (Å²) in [6.45, 7) is 0.347. The van der Waals surface area contributed by atoms with E-state index in [2.05, 4.69) is 16.4 Å². The molecule has 4 aromatic rings. The van der Waals surface area contributed by atoms with Crippen LogP contribution in [0.5, 0.6) is 5.75 Å². The molecule has 0 bridgehead atoms. The molecule has 27 heavy (non-hydrogen) atoms. The van der Waals surface area contributed by atoms with Crippen LogP contribution in [-0.2, 0) is 4.79 Å². The summed E-state index contributed by atoms with van der Waals surface area (Å²) in [5.74, 6) is 0.698. The van der Waals surface area contributed by atoms with Gasteiger partial charge in [-0.1, -0.05) is 30.3 Å². The predicted molar refractivity (Wildman–Crippen MR) is 110 cm³/mol. The van der Waals surface area contributed by atoms with E-state index in [0.717, 1.165) is 27.5 Å². The third kappa shape index (κ3) is 4.33. The molecular weight excluding hydrogens is 356 g/mol. The first-order valence-electron chi connectivity index (χ1n) is 8.72. The first kappa shape index (κ1) is 17.2. The van der Waals surface area contributed by atoms with Gasteiger partial charge in [0.1, 0.15) is 10.8 Å². The molecule has 0 radical (unpaired) electrons. The number of nitrogens with one attached hydrogen (secondary N) is 1. The highest BCUT2D eigenvalue weighted by Crippen LogP contribution is 2.30. The quantitative estimate of drug-likeness (QED) is 0.493. The van der Waals surface area contributed by atoms with Crippen LogP contribution >= 0.6 is 11.3 Å². The van der Waals surface area contributed by atoms with Crippen molar-refractivity contribution < 1.29 is 9.53 Å². The van der Waals surface area contributed by atoms with Crippen molar-refractivity contribution in [2.24, 2.45) is 0 Å². The van der Waals surface area contributed by atoms with Crippen LogP contribution in [0.15, 0.2) is 78.9 Å². The normalized spacial score (nSPS) is 10.7. The van der Waals surface area contributed by atoms with Gasteiger partial charge in [-0.2, -0.15) is 0 Å². The molecule has 0 aliphatic carbocycles. The van der Waals surface area contributed by atoms with E-state index < -0.39 is 0 Å². The fourth-order valence-corrected chi connectivity index (χ4v) is 3.66. The highest BCUT2D eigenvalue weighted by atomic mass is 32.1. The standard InChI is InChI=1S/C22H18N2O2S/c25-21(14-15-26-18-6-2-1-3-7-18)23-17-12-10-16(11-13-17)22-24-19-8-4-5-9-20(19)27-22/h1-13H,14-15H2,(H,23,25). The van der Waals surface area contributed by atoms with Crippen LogP contribution in [0.25, 0.3) is 20.8 Å². The van der Waals surface area contributed by atoms with Gasteiger partial charge in [-0.25, -0.2) is 4.98 Å². The van der Waals surface area contributed by atoms with E-state index in [9.17, 15) is 4.79 Å². The summed E-state index contributed by atoms with van der Waals surface area (Å²) in [5.41, 5.74) is 2.82. The van der Waals surface area contributed by atoms with E-state index in [1.165, 1.54) is 4.70 Å². The number of amides is 1. The van der Waals surface area contributed by atoms with Gasteiger partial charge < -0.3 is 10.1 Å². The van der Waals surface area contributed by atoms with E-state index in [1.807, 2.05) is 72.8 Å². The van der Waals surface area contributed by atoms with Gasteiger partial charge in [0.15, 0.2) is 0 Å². The van der Waals surface area contributed by atoms with Gasteiger partial charge in [0.25, 0.3) is 0 Å². The number of nitrogens with zero attached hydrogens (tertiary/aromatic N) is 1. The van der Waals surface area contributed by atoms with Crippen molar-refractivity contribution in [2.45, 2.75) is 6.42 Å². The number of fused-ring (bicyclic) bond motifs is 1. The molecule has 5 heteroatoms. The number of aromatic nitrogens is 1. The Bertz CT molecular complexity index is 1010. The van der Waals surface area contributed by atoms with Gasteiger partial charge >= 0.3 is 0 Å². The second kappa shape index (κ2) is 8.01. The second-order valence-corrected chi connectivity index (χ2v) is 7.05. The van der Waals surface area contributed by atoms with Gasteiger partial charge in [0.2, 0.25) is 5.91 Å². The SMILES string of the molecule is O=C(CCOc1ccccc1)Nc1ccc(-c2nc3ccccc3s2)cc1. The van der Waals surface area contributed by atoms with Gasteiger partial charge in [-0.05, 0) is 48.5 Å². The average molecular weight is 374 g/mol. The Labute approximate surface area is 161 Å². The Balaban J connectivity index is 1.34. The minimum absolute atomic E-state index is 0.0707. The number of thiazole rings is 1. The number of carbonyl (C=O) groups excluding carboxylic acids is 1. The number of hydrogen-bond donors (Lipinski definition) is 1. The molecule has 3 aromatic carbocycles. The Morgan fingerprint density at radius 3 is 2.44 bits per heavy atom. The summed E-state index contributed by atoms with van der Waals surface area (Å²) in [7, 11) is 0. The minimum Gasteiger partial charge on any atom is -0.493 e. The van der Waals surface area contributed by atoms with E-state index in [-0.39, 0.29) is 5.91 Å². The topological polar surface area (TPSA) is 51.2 Å². The van der Waals surface area contributed by atoms with E-state index in [0.29, 0.717) is 13.0 Å². The van der Waals surface area contributed by atoms with Gasteiger partial charge in [-0.3, -0.25) is 4.79 Å². The zero-order valence-electron chi connectivity index (χ0n) is 14.6. The summed E-state index contributed by atoms with van der Waals surface area (Å²) in [6.07, 6.45) is 0.300. The highest BCUT2D eigenvalue weighted by molar-refractivity contribution is 7.21. The van der Waals surface area contributed by atoms with Crippen LogP contribution in [0.4, 0.5) is 5.69 Å². The van der Waals surface area contributed by atoms with Crippen molar-refractivity contribution in [3.63, 3.8) is 0 Å². The lowest BCUT2D eigenvalue weighted by Crippen LogP contribution is -2.15. The first-order chi connectivity index (χ1) is 13.3. The van der Waals surface area contributed by atoms with Crippen molar-refractivity contribution in [1.29, 1.82) is 0 Å². The van der Waals surface area contributed by atoms with Crippen LogP contribution in [-0.4, -0.2) is 17.5 Å². The van der Waals surface area contributed by atoms with E-state index in [4.69, 9.17) is 4.74 Å². The van der Waals surface area contributed by atoms with Crippen molar-refractivity contribution in [1.82, 2.24) is 4.98 Å². The Kier molecular flexibility index (Phi) is 5.12. The maximum atomic E-state index is 12.1. The first-order valence-corrected chi connectivity index (χ1v) is 9.53. The lowest BCUT2D eigenvalue weighted by molar-refractivity contribution is -0.116. The second-order valence-electron chi connectivity index (χ2n) is 6.02. The van der Waals surface area contributed by atoms with E-state index in [1.54, 1.807) is 11.3 Å². The molecule has 0 aliphatic heterocycles. The summed E-state index contributed by atoms with van der Waals surface area (Å²) in [6, 6.07) is 25.3. The minimum atomic E-state index is -0.0707. The van der Waals surface area contributed by atoms with Crippen molar-refractivity contribution in [2.75, 3.05) is 11.9 Å². The Morgan fingerprint density at radius 1 is 0.926 bits per heavy atom. The third-order valence-electron chi connectivity index (χ3n) is 4.05. The average Bonchev–Trinajstić information content (AvgIpc) is 3.13. The number of anilines is 1. The van der Waals surface area contributed by atoms with Gasteiger partial charge in [0, 0.05) is 11.3 Å². The molecule has 0 spiro atoms. The van der Waals surface area contributed by atoms with Crippen LogP contribution in [0.1, 0.15) is 6.42 Å². The molecule has 1 amide bonds. The number of carbonyl (C=O) groups is 1. The Hall–Kier alpha value is -3.18. The monoisotopic (exact) mass is 374 g/mol. The number of hydrogen-bond acceptors (Lipinski definition) is 4. The molecule has 4 nitrogen and oxygen atoms in total. The van der Waals surface area contributed by atoms with Gasteiger partial charge in [-0.15, -0.1) is 11.3 Å².